The second-order valence-electron chi connectivity index (χ2n) is 4.56. The van der Waals surface area contributed by atoms with Crippen molar-refractivity contribution in [3.05, 3.63) is 21.3 Å². The quantitative estimate of drug-likeness (QED) is 0.720. The van der Waals surface area contributed by atoms with Gasteiger partial charge in [0.25, 0.3) is 0 Å². The van der Waals surface area contributed by atoms with E-state index in [2.05, 4.69) is 19.9 Å². The molecule has 1 rings (SSSR count). The van der Waals surface area contributed by atoms with Crippen LogP contribution in [0.5, 0.6) is 0 Å². The van der Waals surface area contributed by atoms with Gasteiger partial charge >= 0.3 is 0 Å². The molecule has 0 saturated heterocycles. The zero-order valence-corrected chi connectivity index (χ0v) is 12.2. The van der Waals surface area contributed by atoms with Crippen molar-refractivity contribution in [2.24, 2.45) is 5.92 Å². The van der Waals surface area contributed by atoms with Crippen LogP contribution in [0.25, 0.3) is 0 Å². The van der Waals surface area contributed by atoms with Crippen LogP contribution in [0.2, 0.25) is 4.34 Å². The van der Waals surface area contributed by atoms with Crippen LogP contribution in [-0.4, -0.2) is 30.3 Å². The highest BCUT2D eigenvalue weighted by Gasteiger charge is 2.15. The third-order valence-electron chi connectivity index (χ3n) is 2.38. The average Bonchev–Trinajstić information content (AvgIpc) is 2.72. The molecule has 3 nitrogen and oxygen atoms in total. The molecular formula is C13H17ClN2OS. The van der Waals surface area contributed by atoms with Crippen molar-refractivity contribution in [3.63, 3.8) is 0 Å². The molecule has 0 aliphatic heterocycles. The van der Waals surface area contributed by atoms with E-state index in [1.54, 1.807) is 12.1 Å². The van der Waals surface area contributed by atoms with Crippen LogP contribution in [-0.2, 0) is 0 Å². The minimum absolute atomic E-state index is 0.0745. The Bertz CT molecular complexity index is 436. The van der Waals surface area contributed by atoms with E-state index in [9.17, 15) is 4.79 Å². The van der Waals surface area contributed by atoms with Gasteiger partial charge in [-0.25, -0.2) is 0 Å². The molecule has 5 heteroatoms. The van der Waals surface area contributed by atoms with Crippen molar-refractivity contribution in [1.29, 1.82) is 5.26 Å². The van der Waals surface area contributed by atoms with E-state index in [4.69, 9.17) is 16.9 Å². The van der Waals surface area contributed by atoms with Crippen molar-refractivity contribution < 1.29 is 4.79 Å². The van der Waals surface area contributed by atoms with E-state index in [-0.39, 0.29) is 5.78 Å². The Kier molecular flexibility index (Phi) is 6.34. The van der Waals surface area contributed by atoms with Crippen LogP contribution in [0.4, 0.5) is 0 Å². The second-order valence-corrected chi connectivity index (χ2v) is 6.28. The summed E-state index contributed by atoms with van der Waals surface area (Å²) < 4.78 is 0.630. The Hall–Kier alpha value is -0.890. The minimum atomic E-state index is 0.0745. The van der Waals surface area contributed by atoms with E-state index in [1.165, 1.54) is 11.3 Å². The van der Waals surface area contributed by atoms with Crippen LogP contribution in [0, 0.1) is 17.2 Å². The van der Waals surface area contributed by atoms with Crippen LogP contribution >= 0.6 is 22.9 Å². The summed E-state index contributed by atoms with van der Waals surface area (Å²) in [7, 11) is 0. The Morgan fingerprint density at radius 2 is 2.28 bits per heavy atom. The first kappa shape index (κ1) is 15.2. The number of thiophene rings is 1. The lowest BCUT2D eigenvalue weighted by atomic mass is 10.2. The Morgan fingerprint density at radius 3 is 2.78 bits per heavy atom. The van der Waals surface area contributed by atoms with Gasteiger partial charge in [0.05, 0.1) is 21.8 Å². The normalized spacial score (nSPS) is 10.9. The van der Waals surface area contributed by atoms with Crippen molar-refractivity contribution in [2.45, 2.75) is 20.3 Å². The molecule has 0 bridgehead atoms. The maximum atomic E-state index is 12.0. The number of hydrogen-bond acceptors (Lipinski definition) is 4. The fourth-order valence-corrected chi connectivity index (χ4v) is 2.68. The molecular weight excluding hydrogens is 268 g/mol. The molecule has 0 atom stereocenters. The van der Waals surface area contributed by atoms with Gasteiger partial charge in [0.1, 0.15) is 0 Å². The van der Waals surface area contributed by atoms with E-state index < -0.39 is 0 Å². The van der Waals surface area contributed by atoms with Crippen LogP contribution in [0.1, 0.15) is 29.9 Å². The van der Waals surface area contributed by atoms with Gasteiger partial charge in [-0.3, -0.25) is 9.69 Å². The van der Waals surface area contributed by atoms with Gasteiger partial charge in [0.2, 0.25) is 0 Å². The minimum Gasteiger partial charge on any atom is -0.294 e. The summed E-state index contributed by atoms with van der Waals surface area (Å²) in [6.07, 6.45) is 0.450. The SMILES string of the molecule is CC(C)CN(CCC#N)CC(=O)c1ccc(Cl)s1. The number of halogens is 1. The smallest absolute Gasteiger partial charge is 0.186 e. The number of ketones is 1. The third-order valence-corrected chi connectivity index (χ3v) is 3.65. The topological polar surface area (TPSA) is 44.1 Å². The molecule has 0 aromatic carbocycles. The second kappa shape index (κ2) is 7.52. The summed E-state index contributed by atoms with van der Waals surface area (Å²) in [6.45, 7) is 6.03. The van der Waals surface area contributed by atoms with Crippen molar-refractivity contribution in [1.82, 2.24) is 4.90 Å². The Labute approximate surface area is 117 Å². The van der Waals surface area contributed by atoms with E-state index in [1.807, 2.05) is 4.90 Å². The molecule has 0 amide bonds. The summed E-state index contributed by atoms with van der Waals surface area (Å²) in [6, 6.07) is 5.61. The predicted octanol–water partition coefficient (Wildman–Crippen LogP) is 3.46. The fourth-order valence-electron chi connectivity index (χ4n) is 1.70. The summed E-state index contributed by atoms with van der Waals surface area (Å²) in [5.74, 6) is 0.550. The molecule has 1 aromatic rings. The lowest BCUT2D eigenvalue weighted by Crippen LogP contribution is -2.33. The molecule has 0 fully saturated rings. The lowest BCUT2D eigenvalue weighted by Gasteiger charge is -2.21. The first-order valence-electron chi connectivity index (χ1n) is 5.90. The number of Topliss-reactive ketones (excluding diaryl/α,β-unsaturated/α-hetero) is 1. The summed E-state index contributed by atoms with van der Waals surface area (Å²) in [4.78, 5) is 14.8. The predicted molar refractivity (Wildman–Crippen MR) is 75.2 cm³/mol. The number of nitriles is 1. The lowest BCUT2D eigenvalue weighted by molar-refractivity contribution is 0.0928. The standard InChI is InChI=1S/C13H17ClN2OS/c1-10(2)8-16(7-3-6-15)9-11(17)12-4-5-13(14)18-12/h4-5,10H,3,7-9H2,1-2H3. The van der Waals surface area contributed by atoms with Gasteiger partial charge in [-0.1, -0.05) is 25.4 Å². The Morgan fingerprint density at radius 1 is 1.56 bits per heavy atom. The maximum Gasteiger partial charge on any atom is 0.186 e. The molecule has 0 saturated carbocycles. The zero-order chi connectivity index (χ0) is 13.5. The van der Waals surface area contributed by atoms with Crippen LogP contribution in [0.15, 0.2) is 12.1 Å². The van der Waals surface area contributed by atoms with Crippen molar-refractivity contribution in [2.75, 3.05) is 19.6 Å². The molecule has 1 heterocycles. The number of rotatable bonds is 7. The van der Waals surface area contributed by atoms with Gasteiger partial charge in [0.15, 0.2) is 5.78 Å². The molecule has 0 aliphatic carbocycles. The number of carbonyl (C=O) groups is 1. The number of nitrogens with zero attached hydrogens (tertiary/aromatic N) is 2. The summed E-state index contributed by atoms with van der Waals surface area (Å²) in [5.41, 5.74) is 0. The Balaban J connectivity index is 2.59. The van der Waals surface area contributed by atoms with E-state index in [0.717, 1.165) is 6.54 Å². The molecule has 18 heavy (non-hydrogen) atoms. The highest BCUT2D eigenvalue weighted by Crippen LogP contribution is 2.22. The van der Waals surface area contributed by atoms with Crippen LogP contribution in [0.3, 0.4) is 0 Å². The maximum absolute atomic E-state index is 12.0. The highest BCUT2D eigenvalue weighted by molar-refractivity contribution is 7.18. The van der Waals surface area contributed by atoms with Gasteiger partial charge in [-0.05, 0) is 18.1 Å². The van der Waals surface area contributed by atoms with Crippen molar-refractivity contribution in [3.8, 4) is 6.07 Å². The van der Waals surface area contributed by atoms with Gasteiger partial charge in [0, 0.05) is 19.5 Å². The molecule has 0 radical (unpaired) electrons. The largest absolute Gasteiger partial charge is 0.294 e. The molecule has 1 aromatic heterocycles. The van der Waals surface area contributed by atoms with E-state index in [0.29, 0.717) is 34.6 Å². The van der Waals surface area contributed by atoms with Gasteiger partial charge < -0.3 is 0 Å². The molecule has 0 spiro atoms. The first-order chi connectivity index (χ1) is 8.52. The molecule has 0 N–H and O–H groups in total. The van der Waals surface area contributed by atoms with Gasteiger partial charge in [-0.15, -0.1) is 11.3 Å². The highest BCUT2D eigenvalue weighted by atomic mass is 35.5. The van der Waals surface area contributed by atoms with Crippen molar-refractivity contribution >= 4 is 28.7 Å². The first-order valence-corrected chi connectivity index (χ1v) is 7.10. The molecule has 98 valence electrons. The average molecular weight is 285 g/mol. The third kappa shape index (κ3) is 5.18. The fraction of sp³-hybridized carbons (Fsp3) is 0.538. The van der Waals surface area contributed by atoms with E-state index >= 15 is 0 Å². The summed E-state index contributed by atoms with van der Waals surface area (Å²) >= 11 is 7.12. The van der Waals surface area contributed by atoms with Gasteiger partial charge in [-0.2, -0.15) is 5.26 Å². The van der Waals surface area contributed by atoms with Crippen LogP contribution < -0.4 is 0 Å². The molecule has 0 aliphatic rings. The monoisotopic (exact) mass is 284 g/mol. The number of carbonyl (C=O) groups excluding carboxylic acids is 1. The zero-order valence-electron chi connectivity index (χ0n) is 10.6. The number of hydrogen-bond donors (Lipinski definition) is 0. The molecule has 0 unspecified atom stereocenters. The summed E-state index contributed by atoms with van der Waals surface area (Å²) in [5, 5.41) is 8.63.